The van der Waals surface area contributed by atoms with Crippen LogP contribution in [0.4, 0.5) is 0 Å². The number of fused-ring (bicyclic) bond motifs is 1. The summed E-state index contributed by atoms with van der Waals surface area (Å²) in [5, 5.41) is 61.2. The molecule has 15 nitrogen and oxygen atoms in total. The number of carbonyl (C=O) groups is 1. The van der Waals surface area contributed by atoms with Crippen molar-refractivity contribution in [3.05, 3.63) is 17.7 Å². The SMILES string of the molecule is COc1cc([C@@H]2OC[C@H]3C(=O)OC[C@H]32)cc(OC)c1O[C@@H]1O[C@H](CO)[C@@H](O)[C@H](O)[C@H]1O[C@@H]1OC[C@](O)(CO)[C@H]1O. The Morgan fingerprint density at radius 3 is 2.30 bits per heavy atom. The van der Waals surface area contributed by atoms with Crippen LogP contribution >= 0.6 is 0 Å². The number of ether oxygens (including phenoxy) is 8. The molecule has 0 saturated carbocycles. The maximum atomic E-state index is 12.0. The predicted octanol–water partition coefficient (Wildman–Crippen LogP) is -2.79. The molecule has 0 amide bonds. The fraction of sp³-hybridized carbons (Fsp3) is 0.720. The van der Waals surface area contributed by atoms with Crippen LogP contribution in [0.2, 0.25) is 0 Å². The predicted molar refractivity (Wildman–Crippen MR) is 127 cm³/mol. The second kappa shape index (κ2) is 11.5. The molecule has 15 heteroatoms. The van der Waals surface area contributed by atoms with Gasteiger partial charge in [-0.1, -0.05) is 0 Å². The molecule has 0 aliphatic carbocycles. The second-order valence-electron chi connectivity index (χ2n) is 10.2. The minimum atomic E-state index is -2.01. The summed E-state index contributed by atoms with van der Waals surface area (Å²) in [6, 6.07) is 3.26. The van der Waals surface area contributed by atoms with Crippen LogP contribution in [-0.2, 0) is 28.5 Å². The lowest BCUT2D eigenvalue weighted by molar-refractivity contribution is -0.319. The van der Waals surface area contributed by atoms with Crippen molar-refractivity contribution in [1.29, 1.82) is 0 Å². The number of hydrogen-bond donors (Lipinski definition) is 6. The van der Waals surface area contributed by atoms with E-state index in [9.17, 15) is 35.4 Å². The second-order valence-corrected chi connectivity index (χ2v) is 10.2. The molecular weight excluding hydrogens is 540 g/mol. The fourth-order valence-corrected chi connectivity index (χ4v) is 5.40. The van der Waals surface area contributed by atoms with Gasteiger partial charge in [0.1, 0.15) is 30.0 Å². The van der Waals surface area contributed by atoms with E-state index >= 15 is 0 Å². The summed E-state index contributed by atoms with van der Waals surface area (Å²) in [5.74, 6) is -0.513. The first-order valence-electron chi connectivity index (χ1n) is 12.8. The van der Waals surface area contributed by atoms with E-state index in [1.807, 2.05) is 0 Å². The van der Waals surface area contributed by atoms with Crippen LogP contribution in [0, 0.1) is 11.8 Å². The van der Waals surface area contributed by atoms with Crippen LogP contribution in [0.5, 0.6) is 17.2 Å². The van der Waals surface area contributed by atoms with Crippen LogP contribution in [0.3, 0.4) is 0 Å². The van der Waals surface area contributed by atoms with Crippen LogP contribution in [0.15, 0.2) is 12.1 Å². The Hall–Kier alpha value is -2.31. The molecule has 0 unspecified atom stereocenters. The van der Waals surface area contributed by atoms with Gasteiger partial charge in [-0.05, 0) is 17.7 Å². The molecule has 4 heterocycles. The number of carbonyl (C=O) groups excluding carboxylic acids is 1. The largest absolute Gasteiger partial charge is 0.493 e. The van der Waals surface area contributed by atoms with Crippen LogP contribution in [0.25, 0.3) is 0 Å². The monoisotopic (exact) mass is 574 g/mol. The first kappa shape index (κ1) is 29.2. The standard InChI is InChI=1S/C25H34O15/c1-33-13-3-10(18-11-6-36-22(31)12(11)7-35-18)4-14(34-2)19(13)39-23-20(17(29)16(28)15(5-26)38-23)40-24-21(30)25(32,8-27)9-37-24/h3-4,11-12,15-18,20-21,23-24,26-30,32H,5-9H2,1-2H3/t11-,12-,15-,16-,17+,18+,20-,21+,23+,24+,25-/m1/s1. The summed E-state index contributed by atoms with van der Waals surface area (Å²) in [7, 11) is 2.77. The molecule has 6 N–H and O–H groups in total. The van der Waals surface area contributed by atoms with E-state index < -0.39 is 74.6 Å². The molecule has 5 rings (SSSR count). The van der Waals surface area contributed by atoms with E-state index in [0.29, 0.717) is 5.56 Å². The average Bonchev–Trinajstić information content (AvgIpc) is 3.63. The summed E-state index contributed by atoms with van der Waals surface area (Å²) >= 11 is 0. The molecule has 1 aromatic rings. The van der Waals surface area contributed by atoms with Crippen LogP contribution in [-0.4, -0.2) is 133 Å². The van der Waals surface area contributed by atoms with Crippen molar-refractivity contribution in [3.63, 3.8) is 0 Å². The lowest BCUT2D eigenvalue weighted by Crippen LogP contribution is -2.62. The van der Waals surface area contributed by atoms with Crippen LogP contribution < -0.4 is 14.2 Å². The van der Waals surface area contributed by atoms with Gasteiger partial charge in [-0.3, -0.25) is 4.79 Å². The van der Waals surface area contributed by atoms with Gasteiger partial charge in [0, 0.05) is 5.92 Å². The van der Waals surface area contributed by atoms with Gasteiger partial charge in [0.15, 0.2) is 23.9 Å². The van der Waals surface area contributed by atoms with Crippen molar-refractivity contribution >= 4 is 5.97 Å². The Balaban J connectivity index is 1.43. The first-order valence-corrected chi connectivity index (χ1v) is 12.8. The van der Waals surface area contributed by atoms with Gasteiger partial charge >= 0.3 is 5.97 Å². The van der Waals surface area contributed by atoms with E-state index in [4.69, 9.17) is 37.9 Å². The Bertz CT molecular complexity index is 1040. The molecule has 4 fully saturated rings. The summed E-state index contributed by atoms with van der Waals surface area (Å²) in [6.45, 7) is -1.52. The number of cyclic esters (lactones) is 1. The van der Waals surface area contributed by atoms with Gasteiger partial charge in [-0.15, -0.1) is 0 Å². The number of benzene rings is 1. The highest BCUT2D eigenvalue weighted by Crippen LogP contribution is 2.48. The maximum absolute atomic E-state index is 12.0. The molecule has 4 aliphatic rings. The van der Waals surface area contributed by atoms with Gasteiger partial charge < -0.3 is 68.5 Å². The average molecular weight is 575 g/mol. The molecule has 0 bridgehead atoms. The van der Waals surface area contributed by atoms with Gasteiger partial charge in [0.05, 0.1) is 59.3 Å². The smallest absolute Gasteiger partial charge is 0.311 e. The third kappa shape index (κ3) is 5.00. The number of hydrogen-bond acceptors (Lipinski definition) is 15. The van der Waals surface area contributed by atoms with Gasteiger partial charge in [0.2, 0.25) is 12.0 Å². The molecule has 1 aromatic carbocycles. The Labute approximate surface area is 228 Å². The molecule has 0 radical (unpaired) electrons. The Kier molecular flexibility index (Phi) is 8.41. The summed E-state index contributed by atoms with van der Waals surface area (Å²) < 4.78 is 44.9. The Morgan fingerprint density at radius 1 is 1.00 bits per heavy atom. The highest BCUT2D eigenvalue weighted by atomic mass is 16.8. The Morgan fingerprint density at radius 2 is 1.70 bits per heavy atom. The summed E-state index contributed by atoms with van der Waals surface area (Å²) in [4.78, 5) is 12.0. The molecule has 11 atom stereocenters. The zero-order chi connectivity index (χ0) is 28.8. The normalized spacial score (nSPS) is 41.0. The quantitative estimate of drug-likeness (QED) is 0.165. The van der Waals surface area contributed by atoms with E-state index in [1.165, 1.54) is 14.2 Å². The zero-order valence-electron chi connectivity index (χ0n) is 21.8. The minimum Gasteiger partial charge on any atom is -0.493 e. The molecule has 4 saturated heterocycles. The van der Waals surface area contributed by atoms with Crippen molar-refractivity contribution in [3.8, 4) is 17.2 Å². The molecule has 0 aromatic heterocycles. The highest BCUT2D eigenvalue weighted by molar-refractivity contribution is 5.75. The van der Waals surface area contributed by atoms with Crippen LogP contribution in [0.1, 0.15) is 11.7 Å². The third-order valence-electron chi connectivity index (χ3n) is 7.82. The zero-order valence-corrected chi connectivity index (χ0v) is 21.8. The third-order valence-corrected chi connectivity index (χ3v) is 7.82. The number of rotatable bonds is 9. The van der Waals surface area contributed by atoms with Crippen molar-refractivity contribution in [2.75, 3.05) is 47.3 Å². The lowest BCUT2D eigenvalue weighted by atomic mass is 9.90. The van der Waals surface area contributed by atoms with Gasteiger partial charge in [-0.25, -0.2) is 0 Å². The number of aliphatic hydroxyl groups excluding tert-OH is 5. The number of aliphatic hydroxyl groups is 6. The van der Waals surface area contributed by atoms with E-state index in [0.717, 1.165) is 0 Å². The lowest BCUT2D eigenvalue weighted by Gasteiger charge is -2.42. The molecular formula is C25H34O15. The first-order chi connectivity index (χ1) is 19.1. The molecule has 4 aliphatic heterocycles. The molecule has 40 heavy (non-hydrogen) atoms. The van der Waals surface area contributed by atoms with Crippen molar-refractivity contribution in [2.24, 2.45) is 11.8 Å². The van der Waals surface area contributed by atoms with Gasteiger partial charge in [-0.2, -0.15) is 0 Å². The van der Waals surface area contributed by atoms with Crippen molar-refractivity contribution in [1.82, 2.24) is 0 Å². The summed E-state index contributed by atoms with van der Waals surface area (Å²) in [5.41, 5.74) is -1.37. The minimum absolute atomic E-state index is 0.0145. The molecule has 224 valence electrons. The van der Waals surface area contributed by atoms with E-state index in [-0.39, 0.29) is 48.3 Å². The number of methoxy groups -OCH3 is 2. The fourth-order valence-electron chi connectivity index (χ4n) is 5.40. The van der Waals surface area contributed by atoms with E-state index in [1.54, 1.807) is 12.1 Å². The molecule has 0 spiro atoms. The van der Waals surface area contributed by atoms with Gasteiger partial charge in [0.25, 0.3) is 0 Å². The van der Waals surface area contributed by atoms with Crippen molar-refractivity contribution < 1.29 is 73.3 Å². The highest BCUT2D eigenvalue weighted by Gasteiger charge is 2.54. The van der Waals surface area contributed by atoms with E-state index in [2.05, 4.69) is 0 Å². The van der Waals surface area contributed by atoms with Crippen molar-refractivity contribution in [2.45, 2.75) is 54.8 Å². The maximum Gasteiger partial charge on any atom is 0.311 e. The topological polar surface area (TPSA) is 212 Å². The number of esters is 1. The summed E-state index contributed by atoms with van der Waals surface area (Å²) in [6.07, 6.45) is -11.3.